The van der Waals surface area contributed by atoms with E-state index >= 15 is 0 Å². The molecular formula is C9H14OS. The lowest BCUT2D eigenvalue weighted by molar-refractivity contribution is 0.350. The van der Waals surface area contributed by atoms with Gasteiger partial charge in [-0.3, -0.25) is 0 Å². The predicted octanol–water partition coefficient (Wildman–Crippen LogP) is 1.52. The molecular weight excluding hydrogens is 156 g/mol. The summed E-state index contributed by atoms with van der Waals surface area (Å²) in [6, 6.07) is 0. The minimum Gasteiger partial charge on any atom is -0.384 e. The second kappa shape index (κ2) is 5.51. The molecule has 0 aromatic rings. The Morgan fingerprint density at radius 1 is 1.45 bits per heavy atom. The Morgan fingerprint density at radius 2 is 2.36 bits per heavy atom. The molecule has 0 aromatic heterocycles. The van der Waals surface area contributed by atoms with Gasteiger partial charge in [0.2, 0.25) is 0 Å². The molecule has 1 fully saturated rings. The molecule has 0 radical (unpaired) electrons. The van der Waals surface area contributed by atoms with Crippen molar-refractivity contribution in [1.29, 1.82) is 0 Å². The summed E-state index contributed by atoms with van der Waals surface area (Å²) in [7, 11) is 0. The lowest BCUT2D eigenvalue weighted by atomic mass is 10.0. The largest absolute Gasteiger partial charge is 0.384 e. The molecule has 1 saturated heterocycles. The number of thioether (sulfide) groups is 1. The van der Waals surface area contributed by atoms with Crippen molar-refractivity contribution in [3.8, 4) is 11.8 Å². The van der Waals surface area contributed by atoms with Crippen molar-refractivity contribution < 1.29 is 5.11 Å². The summed E-state index contributed by atoms with van der Waals surface area (Å²) < 4.78 is 0. The lowest BCUT2D eigenvalue weighted by Gasteiger charge is -2.18. The van der Waals surface area contributed by atoms with Crippen LogP contribution >= 0.6 is 11.8 Å². The van der Waals surface area contributed by atoms with Gasteiger partial charge in [0.25, 0.3) is 0 Å². The Kier molecular flexibility index (Phi) is 4.49. The molecule has 0 aromatic carbocycles. The molecule has 62 valence electrons. The van der Waals surface area contributed by atoms with Crippen LogP contribution in [0.2, 0.25) is 0 Å². The van der Waals surface area contributed by atoms with Crippen molar-refractivity contribution in [1.82, 2.24) is 0 Å². The third kappa shape index (κ3) is 3.69. The lowest BCUT2D eigenvalue weighted by Crippen LogP contribution is -2.09. The summed E-state index contributed by atoms with van der Waals surface area (Å²) in [5, 5.41) is 8.42. The first-order chi connectivity index (χ1) is 5.43. The zero-order chi connectivity index (χ0) is 7.94. The van der Waals surface area contributed by atoms with Gasteiger partial charge in [0.15, 0.2) is 0 Å². The standard InChI is InChI=1S/C9H14OS/c10-6-2-1-4-9-5-3-7-11-8-9/h9-10H,3-8H2. The average Bonchev–Trinajstić information content (AvgIpc) is 2.07. The quantitative estimate of drug-likeness (QED) is 0.602. The van der Waals surface area contributed by atoms with Crippen LogP contribution in [0.15, 0.2) is 0 Å². The minimum atomic E-state index is 0.0138. The van der Waals surface area contributed by atoms with Gasteiger partial charge in [0.1, 0.15) is 6.61 Å². The summed E-state index contributed by atoms with van der Waals surface area (Å²) >= 11 is 2.03. The average molecular weight is 170 g/mol. The molecule has 11 heavy (non-hydrogen) atoms. The topological polar surface area (TPSA) is 20.2 Å². The van der Waals surface area contributed by atoms with Crippen LogP contribution in [0, 0.1) is 17.8 Å². The number of hydrogen-bond donors (Lipinski definition) is 1. The first-order valence-electron chi connectivity index (χ1n) is 4.08. The maximum absolute atomic E-state index is 8.42. The van der Waals surface area contributed by atoms with E-state index in [1.54, 1.807) is 0 Å². The molecule has 0 bridgehead atoms. The van der Waals surface area contributed by atoms with Crippen LogP contribution in [-0.4, -0.2) is 23.2 Å². The highest BCUT2D eigenvalue weighted by Gasteiger charge is 2.11. The van der Waals surface area contributed by atoms with Gasteiger partial charge in [0.05, 0.1) is 0 Å². The molecule has 0 aliphatic carbocycles. The summed E-state index contributed by atoms with van der Waals surface area (Å²) in [6.07, 6.45) is 3.65. The second-order valence-corrected chi connectivity index (χ2v) is 3.95. The van der Waals surface area contributed by atoms with Gasteiger partial charge in [0, 0.05) is 6.42 Å². The third-order valence-corrected chi connectivity index (χ3v) is 3.13. The molecule has 0 spiro atoms. The molecule has 0 amide bonds. The van der Waals surface area contributed by atoms with Crippen LogP contribution < -0.4 is 0 Å². The van der Waals surface area contributed by atoms with Gasteiger partial charge < -0.3 is 5.11 Å². The van der Waals surface area contributed by atoms with Gasteiger partial charge in [-0.05, 0) is 30.3 Å². The van der Waals surface area contributed by atoms with Gasteiger partial charge >= 0.3 is 0 Å². The van der Waals surface area contributed by atoms with Crippen molar-refractivity contribution in [2.45, 2.75) is 19.3 Å². The minimum absolute atomic E-state index is 0.0138. The second-order valence-electron chi connectivity index (χ2n) is 2.80. The first kappa shape index (κ1) is 8.96. The van der Waals surface area contributed by atoms with E-state index in [0.717, 1.165) is 12.3 Å². The molecule has 1 N–H and O–H groups in total. The van der Waals surface area contributed by atoms with E-state index in [2.05, 4.69) is 11.8 Å². The molecule has 1 heterocycles. The van der Waals surface area contributed by atoms with E-state index in [4.69, 9.17) is 5.11 Å². The fourth-order valence-electron chi connectivity index (χ4n) is 1.24. The van der Waals surface area contributed by atoms with E-state index in [1.807, 2.05) is 11.8 Å². The van der Waals surface area contributed by atoms with Gasteiger partial charge in [-0.25, -0.2) is 0 Å². The summed E-state index contributed by atoms with van der Waals surface area (Å²) in [6.45, 7) is 0.0138. The Bertz CT molecular complexity index is 151. The molecule has 1 atom stereocenters. The zero-order valence-corrected chi connectivity index (χ0v) is 7.49. The molecule has 1 unspecified atom stereocenters. The third-order valence-electron chi connectivity index (χ3n) is 1.85. The van der Waals surface area contributed by atoms with Crippen LogP contribution in [0.4, 0.5) is 0 Å². The van der Waals surface area contributed by atoms with Gasteiger partial charge in [-0.15, -0.1) is 5.92 Å². The van der Waals surface area contributed by atoms with Crippen molar-refractivity contribution in [2.24, 2.45) is 5.92 Å². The normalized spacial score (nSPS) is 23.9. The highest BCUT2D eigenvalue weighted by molar-refractivity contribution is 7.99. The van der Waals surface area contributed by atoms with Crippen molar-refractivity contribution in [3.63, 3.8) is 0 Å². The zero-order valence-electron chi connectivity index (χ0n) is 6.68. The van der Waals surface area contributed by atoms with E-state index in [-0.39, 0.29) is 6.61 Å². The summed E-state index contributed by atoms with van der Waals surface area (Å²) in [5.41, 5.74) is 0. The smallest absolute Gasteiger partial charge is 0.104 e. The van der Waals surface area contributed by atoms with E-state index < -0.39 is 0 Å². The van der Waals surface area contributed by atoms with Crippen molar-refractivity contribution >= 4 is 11.8 Å². The van der Waals surface area contributed by atoms with Crippen LogP contribution in [0.25, 0.3) is 0 Å². The van der Waals surface area contributed by atoms with E-state index in [0.29, 0.717) is 0 Å². The Labute approximate surface area is 72.6 Å². The molecule has 1 aliphatic heterocycles. The fraction of sp³-hybridized carbons (Fsp3) is 0.778. The molecule has 2 heteroatoms. The van der Waals surface area contributed by atoms with Gasteiger partial charge in [-0.2, -0.15) is 11.8 Å². The van der Waals surface area contributed by atoms with Crippen molar-refractivity contribution in [2.75, 3.05) is 18.1 Å². The Hall–Kier alpha value is -0.130. The Balaban J connectivity index is 2.14. The molecule has 1 rings (SSSR count). The number of hydrogen-bond acceptors (Lipinski definition) is 2. The van der Waals surface area contributed by atoms with E-state index in [1.165, 1.54) is 24.3 Å². The van der Waals surface area contributed by atoms with Gasteiger partial charge in [-0.1, -0.05) is 5.92 Å². The van der Waals surface area contributed by atoms with Crippen LogP contribution in [0.5, 0.6) is 0 Å². The maximum Gasteiger partial charge on any atom is 0.104 e. The van der Waals surface area contributed by atoms with E-state index in [9.17, 15) is 0 Å². The number of aliphatic hydroxyl groups is 1. The molecule has 1 aliphatic rings. The highest BCUT2D eigenvalue weighted by Crippen LogP contribution is 2.24. The molecule has 1 nitrogen and oxygen atoms in total. The van der Waals surface area contributed by atoms with Crippen LogP contribution in [0.1, 0.15) is 19.3 Å². The Morgan fingerprint density at radius 3 is 3.00 bits per heavy atom. The van der Waals surface area contributed by atoms with Crippen LogP contribution in [0.3, 0.4) is 0 Å². The first-order valence-corrected chi connectivity index (χ1v) is 5.23. The molecule has 0 saturated carbocycles. The summed E-state index contributed by atoms with van der Waals surface area (Å²) in [4.78, 5) is 0. The number of rotatable bonds is 1. The highest BCUT2D eigenvalue weighted by atomic mass is 32.2. The SMILES string of the molecule is OCC#CCC1CCCSC1. The van der Waals surface area contributed by atoms with Crippen LogP contribution in [-0.2, 0) is 0 Å². The maximum atomic E-state index is 8.42. The fourth-order valence-corrected chi connectivity index (χ4v) is 2.40. The monoisotopic (exact) mass is 170 g/mol. The predicted molar refractivity (Wildman–Crippen MR) is 49.5 cm³/mol. The summed E-state index contributed by atoms with van der Waals surface area (Å²) in [5.74, 6) is 9.06. The van der Waals surface area contributed by atoms with Crippen molar-refractivity contribution in [3.05, 3.63) is 0 Å². The number of aliphatic hydroxyl groups excluding tert-OH is 1.